The zero-order chi connectivity index (χ0) is 11.3. The Hall–Kier alpha value is -1.26. The van der Waals surface area contributed by atoms with E-state index < -0.39 is 0 Å². The SMILES string of the molecule is COc1ccc(OC)c(C(CN)CN)c1. The standard InChI is InChI=1S/C11H18N2O2/c1-14-9-3-4-11(15-2)10(5-9)8(6-12)7-13/h3-5,8H,6-7,12-13H2,1-2H3. The van der Waals surface area contributed by atoms with Crippen LogP contribution >= 0.6 is 0 Å². The molecule has 0 radical (unpaired) electrons. The van der Waals surface area contributed by atoms with E-state index in [0.717, 1.165) is 17.1 Å². The van der Waals surface area contributed by atoms with Gasteiger partial charge in [0.15, 0.2) is 0 Å². The van der Waals surface area contributed by atoms with Crippen molar-refractivity contribution in [3.05, 3.63) is 23.8 Å². The number of benzene rings is 1. The lowest BCUT2D eigenvalue weighted by Crippen LogP contribution is -2.21. The van der Waals surface area contributed by atoms with Crippen LogP contribution in [-0.2, 0) is 0 Å². The van der Waals surface area contributed by atoms with Gasteiger partial charge in [0.2, 0.25) is 0 Å². The van der Waals surface area contributed by atoms with Gasteiger partial charge in [0.1, 0.15) is 11.5 Å². The van der Waals surface area contributed by atoms with Gasteiger partial charge < -0.3 is 20.9 Å². The molecule has 15 heavy (non-hydrogen) atoms. The van der Waals surface area contributed by atoms with Gasteiger partial charge in [-0.2, -0.15) is 0 Å². The summed E-state index contributed by atoms with van der Waals surface area (Å²) < 4.78 is 10.4. The first kappa shape index (κ1) is 11.8. The highest BCUT2D eigenvalue weighted by Gasteiger charge is 2.14. The molecule has 0 saturated heterocycles. The van der Waals surface area contributed by atoms with E-state index in [0.29, 0.717) is 13.1 Å². The quantitative estimate of drug-likeness (QED) is 0.750. The molecule has 1 aromatic rings. The summed E-state index contributed by atoms with van der Waals surface area (Å²) in [4.78, 5) is 0. The maximum atomic E-state index is 5.65. The van der Waals surface area contributed by atoms with Crippen LogP contribution in [0.3, 0.4) is 0 Å². The topological polar surface area (TPSA) is 70.5 Å². The van der Waals surface area contributed by atoms with Gasteiger partial charge in [0.25, 0.3) is 0 Å². The van der Waals surface area contributed by atoms with Crippen molar-refractivity contribution in [2.45, 2.75) is 5.92 Å². The second kappa shape index (κ2) is 5.58. The number of nitrogens with two attached hydrogens (primary N) is 2. The normalized spacial score (nSPS) is 10.5. The summed E-state index contributed by atoms with van der Waals surface area (Å²) in [7, 11) is 3.26. The molecule has 0 aromatic heterocycles. The Bertz CT molecular complexity index is 311. The smallest absolute Gasteiger partial charge is 0.122 e. The van der Waals surface area contributed by atoms with Crippen LogP contribution in [0.15, 0.2) is 18.2 Å². The van der Waals surface area contributed by atoms with E-state index in [2.05, 4.69) is 0 Å². The molecule has 1 rings (SSSR count). The fraction of sp³-hybridized carbons (Fsp3) is 0.455. The zero-order valence-electron chi connectivity index (χ0n) is 9.19. The Labute approximate surface area is 90.2 Å². The molecule has 0 aliphatic rings. The van der Waals surface area contributed by atoms with Crippen LogP contribution < -0.4 is 20.9 Å². The van der Waals surface area contributed by atoms with Crippen molar-refractivity contribution >= 4 is 0 Å². The Balaban J connectivity index is 3.09. The van der Waals surface area contributed by atoms with E-state index in [-0.39, 0.29) is 5.92 Å². The summed E-state index contributed by atoms with van der Waals surface area (Å²) in [5, 5.41) is 0. The Kier molecular flexibility index (Phi) is 4.39. The monoisotopic (exact) mass is 210 g/mol. The number of hydrogen-bond donors (Lipinski definition) is 2. The van der Waals surface area contributed by atoms with Gasteiger partial charge in [0, 0.05) is 24.6 Å². The van der Waals surface area contributed by atoms with Crippen molar-refractivity contribution in [1.82, 2.24) is 0 Å². The third-order valence-electron chi connectivity index (χ3n) is 2.45. The number of ether oxygens (including phenoxy) is 2. The van der Waals surface area contributed by atoms with Gasteiger partial charge in [-0.05, 0) is 18.2 Å². The van der Waals surface area contributed by atoms with Crippen LogP contribution in [0.5, 0.6) is 11.5 Å². The van der Waals surface area contributed by atoms with E-state index in [1.165, 1.54) is 0 Å². The molecule has 0 aliphatic carbocycles. The second-order valence-electron chi connectivity index (χ2n) is 3.28. The first-order valence-corrected chi connectivity index (χ1v) is 4.88. The average Bonchev–Trinajstić information content (AvgIpc) is 2.30. The molecule has 4 heteroatoms. The van der Waals surface area contributed by atoms with Gasteiger partial charge in [-0.25, -0.2) is 0 Å². The van der Waals surface area contributed by atoms with Gasteiger partial charge in [-0.3, -0.25) is 0 Å². The van der Waals surface area contributed by atoms with Crippen molar-refractivity contribution in [1.29, 1.82) is 0 Å². The third kappa shape index (κ3) is 2.61. The van der Waals surface area contributed by atoms with Crippen molar-refractivity contribution in [3.8, 4) is 11.5 Å². The average molecular weight is 210 g/mol. The van der Waals surface area contributed by atoms with Gasteiger partial charge in [-0.1, -0.05) is 0 Å². The highest BCUT2D eigenvalue weighted by atomic mass is 16.5. The Morgan fingerprint density at radius 2 is 1.80 bits per heavy atom. The molecule has 0 fully saturated rings. The predicted molar refractivity (Wildman–Crippen MR) is 60.4 cm³/mol. The van der Waals surface area contributed by atoms with Crippen molar-refractivity contribution in [2.75, 3.05) is 27.3 Å². The molecule has 0 atom stereocenters. The number of rotatable bonds is 5. The predicted octanol–water partition coefficient (Wildman–Crippen LogP) is 0.705. The summed E-state index contributed by atoms with van der Waals surface area (Å²) in [6.07, 6.45) is 0. The molecule has 0 unspecified atom stereocenters. The van der Waals surface area contributed by atoms with E-state index in [1.807, 2.05) is 18.2 Å². The third-order valence-corrected chi connectivity index (χ3v) is 2.45. The Morgan fingerprint density at radius 3 is 2.27 bits per heavy atom. The molecular formula is C11H18N2O2. The molecule has 0 bridgehead atoms. The number of methoxy groups -OCH3 is 2. The maximum Gasteiger partial charge on any atom is 0.122 e. The molecule has 0 heterocycles. The van der Waals surface area contributed by atoms with Gasteiger partial charge in [-0.15, -0.1) is 0 Å². The minimum Gasteiger partial charge on any atom is -0.497 e. The molecule has 0 saturated carbocycles. The van der Waals surface area contributed by atoms with Crippen LogP contribution in [0.2, 0.25) is 0 Å². The van der Waals surface area contributed by atoms with Crippen LogP contribution in [-0.4, -0.2) is 27.3 Å². The van der Waals surface area contributed by atoms with Crippen LogP contribution in [0.1, 0.15) is 11.5 Å². The van der Waals surface area contributed by atoms with Crippen LogP contribution in [0, 0.1) is 0 Å². The van der Waals surface area contributed by atoms with Gasteiger partial charge in [0.05, 0.1) is 14.2 Å². The van der Waals surface area contributed by atoms with Gasteiger partial charge >= 0.3 is 0 Å². The summed E-state index contributed by atoms with van der Waals surface area (Å²) in [6.45, 7) is 1.00. The molecule has 0 aliphatic heterocycles. The first-order chi connectivity index (χ1) is 7.26. The highest BCUT2D eigenvalue weighted by molar-refractivity contribution is 5.42. The molecule has 84 valence electrons. The zero-order valence-corrected chi connectivity index (χ0v) is 9.19. The summed E-state index contributed by atoms with van der Waals surface area (Å²) in [5.41, 5.74) is 12.3. The van der Waals surface area contributed by atoms with Crippen LogP contribution in [0.4, 0.5) is 0 Å². The highest BCUT2D eigenvalue weighted by Crippen LogP contribution is 2.29. The van der Waals surface area contributed by atoms with Crippen molar-refractivity contribution in [2.24, 2.45) is 11.5 Å². The molecule has 4 N–H and O–H groups in total. The number of hydrogen-bond acceptors (Lipinski definition) is 4. The van der Waals surface area contributed by atoms with Crippen molar-refractivity contribution < 1.29 is 9.47 Å². The molecule has 0 amide bonds. The maximum absolute atomic E-state index is 5.65. The van der Waals surface area contributed by atoms with E-state index >= 15 is 0 Å². The summed E-state index contributed by atoms with van der Waals surface area (Å²) in [6, 6.07) is 5.64. The van der Waals surface area contributed by atoms with E-state index in [1.54, 1.807) is 14.2 Å². The largest absolute Gasteiger partial charge is 0.497 e. The molecule has 0 spiro atoms. The lowest BCUT2D eigenvalue weighted by molar-refractivity contribution is 0.395. The summed E-state index contributed by atoms with van der Waals surface area (Å²) >= 11 is 0. The minimum atomic E-state index is 0.107. The van der Waals surface area contributed by atoms with Crippen molar-refractivity contribution in [3.63, 3.8) is 0 Å². The van der Waals surface area contributed by atoms with E-state index in [4.69, 9.17) is 20.9 Å². The molecule has 4 nitrogen and oxygen atoms in total. The Morgan fingerprint density at radius 1 is 1.13 bits per heavy atom. The molecular weight excluding hydrogens is 192 g/mol. The second-order valence-corrected chi connectivity index (χ2v) is 3.28. The molecule has 1 aromatic carbocycles. The lowest BCUT2D eigenvalue weighted by atomic mass is 9.98. The summed E-state index contributed by atoms with van der Waals surface area (Å²) in [5.74, 6) is 1.70. The fourth-order valence-electron chi connectivity index (χ4n) is 1.51. The van der Waals surface area contributed by atoms with Crippen LogP contribution in [0.25, 0.3) is 0 Å². The lowest BCUT2D eigenvalue weighted by Gasteiger charge is -2.17. The van der Waals surface area contributed by atoms with E-state index in [9.17, 15) is 0 Å². The first-order valence-electron chi connectivity index (χ1n) is 4.88. The fourth-order valence-corrected chi connectivity index (χ4v) is 1.51. The minimum absolute atomic E-state index is 0.107.